The van der Waals surface area contributed by atoms with Crippen molar-refractivity contribution in [2.45, 2.75) is 31.7 Å². The number of rotatable bonds is 6. The van der Waals surface area contributed by atoms with Gasteiger partial charge in [0.15, 0.2) is 0 Å². The lowest BCUT2D eigenvalue weighted by Gasteiger charge is -2.33. The fourth-order valence-corrected chi connectivity index (χ4v) is 3.40. The summed E-state index contributed by atoms with van der Waals surface area (Å²) in [5, 5.41) is 8.93. The molecule has 2 saturated carbocycles. The Morgan fingerprint density at radius 3 is 2.75 bits per heavy atom. The Balaban J connectivity index is 1.92. The van der Waals surface area contributed by atoms with E-state index >= 15 is 0 Å². The van der Waals surface area contributed by atoms with Gasteiger partial charge in [0, 0.05) is 19.7 Å². The summed E-state index contributed by atoms with van der Waals surface area (Å²) in [4.78, 5) is 13.0. The molecule has 2 aliphatic carbocycles. The molecular formula is C12H21NO3. The summed E-state index contributed by atoms with van der Waals surface area (Å²) < 4.78 is 5.06. The maximum absolute atomic E-state index is 10.9. The molecule has 2 bridgehead atoms. The van der Waals surface area contributed by atoms with Crippen molar-refractivity contribution >= 4 is 5.97 Å². The van der Waals surface area contributed by atoms with Gasteiger partial charge >= 0.3 is 5.97 Å². The van der Waals surface area contributed by atoms with Gasteiger partial charge in [-0.25, -0.2) is 0 Å². The number of fused-ring (bicyclic) bond motifs is 2. The SMILES string of the molecule is COCCN(CC(=O)O)C1CC2CCC1C2. The molecule has 92 valence electrons. The van der Waals surface area contributed by atoms with E-state index in [0.717, 1.165) is 18.4 Å². The Labute approximate surface area is 96.6 Å². The summed E-state index contributed by atoms with van der Waals surface area (Å²) in [7, 11) is 1.67. The molecule has 0 saturated heterocycles. The third-order valence-corrected chi connectivity index (χ3v) is 4.09. The fraction of sp³-hybridized carbons (Fsp3) is 0.917. The largest absolute Gasteiger partial charge is 0.480 e. The molecule has 0 aliphatic heterocycles. The van der Waals surface area contributed by atoms with Gasteiger partial charge in [-0.3, -0.25) is 9.69 Å². The van der Waals surface area contributed by atoms with E-state index in [1.807, 2.05) is 0 Å². The van der Waals surface area contributed by atoms with E-state index in [-0.39, 0.29) is 6.54 Å². The van der Waals surface area contributed by atoms with Crippen LogP contribution in [0.4, 0.5) is 0 Å². The Morgan fingerprint density at radius 2 is 2.25 bits per heavy atom. The standard InChI is InChI=1S/C12H21NO3/c1-16-5-4-13(8-12(14)15)11-7-9-2-3-10(11)6-9/h9-11H,2-8H2,1H3,(H,14,15). The van der Waals surface area contributed by atoms with E-state index in [1.54, 1.807) is 7.11 Å². The molecule has 0 radical (unpaired) electrons. The third kappa shape index (κ3) is 2.55. The minimum absolute atomic E-state index is 0.164. The number of hydrogen-bond donors (Lipinski definition) is 1. The maximum atomic E-state index is 10.9. The summed E-state index contributed by atoms with van der Waals surface area (Å²) >= 11 is 0. The van der Waals surface area contributed by atoms with Crippen LogP contribution in [0.2, 0.25) is 0 Å². The molecule has 4 nitrogen and oxygen atoms in total. The number of methoxy groups -OCH3 is 1. The predicted octanol–water partition coefficient (Wildman–Crippen LogP) is 1.21. The van der Waals surface area contributed by atoms with Crippen LogP contribution >= 0.6 is 0 Å². The molecule has 0 aromatic heterocycles. The number of ether oxygens (including phenoxy) is 1. The summed E-state index contributed by atoms with van der Waals surface area (Å²) in [6, 6.07) is 0.491. The number of aliphatic carboxylic acids is 1. The first-order valence-corrected chi connectivity index (χ1v) is 6.15. The van der Waals surface area contributed by atoms with Gasteiger partial charge in [0.2, 0.25) is 0 Å². The molecule has 3 atom stereocenters. The molecule has 0 aromatic rings. The van der Waals surface area contributed by atoms with Crippen LogP contribution in [0.3, 0.4) is 0 Å². The second-order valence-electron chi connectivity index (χ2n) is 5.10. The van der Waals surface area contributed by atoms with Crippen LogP contribution in [0, 0.1) is 11.8 Å². The molecule has 16 heavy (non-hydrogen) atoms. The van der Waals surface area contributed by atoms with Crippen molar-refractivity contribution in [3.05, 3.63) is 0 Å². The van der Waals surface area contributed by atoms with Gasteiger partial charge in [-0.1, -0.05) is 6.42 Å². The first kappa shape index (κ1) is 11.9. The van der Waals surface area contributed by atoms with Crippen LogP contribution in [0.25, 0.3) is 0 Å². The normalized spacial score (nSPS) is 32.5. The van der Waals surface area contributed by atoms with Crippen LogP contribution in [0.15, 0.2) is 0 Å². The quantitative estimate of drug-likeness (QED) is 0.741. The maximum Gasteiger partial charge on any atom is 0.317 e. The zero-order valence-corrected chi connectivity index (χ0v) is 9.89. The van der Waals surface area contributed by atoms with Crippen LogP contribution in [0.1, 0.15) is 25.7 Å². The Kier molecular flexibility index (Phi) is 3.82. The molecule has 2 rings (SSSR count). The topological polar surface area (TPSA) is 49.8 Å². The zero-order chi connectivity index (χ0) is 11.5. The molecule has 0 heterocycles. The number of nitrogens with zero attached hydrogens (tertiary/aromatic N) is 1. The average molecular weight is 227 g/mol. The number of carboxylic acid groups (broad SMARTS) is 1. The Morgan fingerprint density at radius 1 is 1.44 bits per heavy atom. The fourth-order valence-electron chi connectivity index (χ4n) is 3.40. The highest BCUT2D eigenvalue weighted by molar-refractivity contribution is 5.69. The van der Waals surface area contributed by atoms with Crippen molar-refractivity contribution in [2.75, 3.05) is 26.8 Å². The van der Waals surface area contributed by atoms with Crippen LogP contribution in [0.5, 0.6) is 0 Å². The lowest BCUT2D eigenvalue weighted by molar-refractivity contribution is -0.139. The van der Waals surface area contributed by atoms with E-state index in [1.165, 1.54) is 25.7 Å². The van der Waals surface area contributed by atoms with Crippen molar-refractivity contribution in [3.63, 3.8) is 0 Å². The van der Waals surface area contributed by atoms with Crippen molar-refractivity contribution in [2.24, 2.45) is 11.8 Å². The molecular weight excluding hydrogens is 206 g/mol. The highest BCUT2D eigenvalue weighted by Crippen LogP contribution is 2.46. The monoisotopic (exact) mass is 227 g/mol. The van der Waals surface area contributed by atoms with Crippen molar-refractivity contribution in [1.29, 1.82) is 0 Å². The minimum Gasteiger partial charge on any atom is -0.480 e. The molecule has 0 amide bonds. The first-order valence-electron chi connectivity index (χ1n) is 6.15. The molecule has 0 spiro atoms. The van der Waals surface area contributed by atoms with Gasteiger partial charge in [-0.2, -0.15) is 0 Å². The highest BCUT2D eigenvalue weighted by atomic mass is 16.5. The van der Waals surface area contributed by atoms with E-state index in [9.17, 15) is 4.79 Å². The van der Waals surface area contributed by atoms with Crippen LogP contribution in [-0.4, -0.2) is 48.8 Å². The first-order chi connectivity index (χ1) is 7.70. The number of carbonyl (C=O) groups is 1. The molecule has 3 unspecified atom stereocenters. The van der Waals surface area contributed by atoms with Gasteiger partial charge < -0.3 is 9.84 Å². The van der Waals surface area contributed by atoms with Gasteiger partial charge in [-0.15, -0.1) is 0 Å². The van der Waals surface area contributed by atoms with Gasteiger partial charge in [0.05, 0.1) is 13.2 Å². The van der Waals surface area contributed by atoms with Gasteiger partial charge in [0.25, 0.3) is 0 Å². The average Bonchev–Trinajstić information content (AvgIpc) is 2.85. The summed E-state index contributed by atoms with van der Waals surface area (Å²) in [6.45, 7) is 1.54. The second-order valence-corrected chi connectivity index (χ2v) is 5.10. The lowest BCUT2D eigenvalue weighted by Crippen LogP contribution is -2.43. The van der Waals surface area contributed by atoms with Crippen LogP contribution in [-0.2, 0) is 9.53 Å². The number of hydrogen-bond acceptors (Lipinski definition) is 3. The molecule has 4 heteroatoms. The zero-order valence-electron chi connectivity index (χ0n) is 9.89. The summed E-state index contributed by atoms with van der Waals surface area (Å²) in [5.74, 6) is 0.869. The van der Waals surface area contributed by atoms with E-state index in [2.05, 4.69) is 4.90 Å². The smallest absolute Gasteiger partial charge is 0.317 e. The van der Waals surface area contributed by atoms with Gasteiger partial charge in [-0.05, 0) is 31.1 Å². The summed E-state index contributed by atoms with van der Waals surface area (Å²) in [5.41, 5.74) is 0. The third-order valence-electron chi connectivity index (χ3n) is 4.09. The predicted molar refractivity (Wildman–Crippen MR) is 60.3 cm³/mol. The second kappa shape index (κ2) is 5.15. The number of carboxylic acids is 1. The van der Waals surface area contributed by atoms with Crippen molar-refractivity contribution in [3.8, 4) is 0 Å². The minimum atomic E-state index is -0.723. The van der Waals surface area contributed by atoms with E-state index in [4.69, 9.17) is 9.84 Å². The van der Waals surface area contributed by atoms with Crippen molar-refractivity contribution < 1.29 is 14.6 Å². The Hall–Kier alpha value is -0.610. The van der Waals surface area contributed by atoms with Crippen LogP contribution < -0.4 is 0 Å². The molecule has 0 aromatic carbocycles. The van der Waals surface area contributed by atoms with E-state index < -0.39 is 5.97 Å². The van der Waals surface area contributed by atoms with E-state index in [0.29, 0.717) is 12.6 Å². The van der Waals surface area contributed by atoms with Gasteiger partial charge in [0.1, 0.15) is 0 Å². The van der Waals surface area contributed by atoms with Crippen molar-refractivity contribution in [1.82, 2.24) is 4.90 Å². The molecule has 2 aliphatic rings. The summed E-state index contributed by atoms with van der Waals surface area (Å²) in [6.07, 6.45) is 5.15. The Bertz CT molecular complexity index is 257. The molecule has 1 N–H and O–H groups in total. The highest BCUT2D eigenvalue weighted by Gasteiger charge is 2.42. The lowest BCUT2D eigenvalue weighted by atomic mass is 9.94. The molecule has 2 fully saturated rings.